The average Bonchev–Trinajstić information content (AvgIpc) is 1.96. The topological polar surface area (TPSA) is 43.1 Å². The quantitative estimate of drug-likeness (QED) is 0.350. The van der Waals surface area contributed by atoms with Crippen molar-refractivity contribution in [2.45, 2.75) is 0 Å². The molecule has 0 aromatic heterocycles. The standard InChI is InChI=1S/C8H9NO2/c1-2-3-4-5-6-7-8-9(10)11/h2-8H,1H2/b4-3+,6-5+,8-7+. The number of rotatable bonds is 4. The lowest BCUT2D eigenvalue weighted by Gasteiger charge is -1.73. The predicted molar refractivity (Wildman–Crippen MR) is 44.6 cm³/mol. The van der Waals surface area contributed by atoms with Crippen LogP contribution in [0.4, 0.5) is 0 Å². The molecule has 0 aromatic rings. The van der Waals surface area contributed by atoms with Crippen molar-refractivity contribution < 1.29 is 4.92 Å². The average molecular weight is 151 g/mol. The van der Waals surface area contributed by atoms with Gasteiger partial charge in [0.1, 0.15) is 0 Å². The van der Waals surface area contributed by atoms with Crippen LogP contribution in [0.2, 0.25) is 0 Å². The van der Waals surface area contributed by atoms with Crippen molar-refractivity contribution >= 4 is 0 Å². The summed E-state index contributed by atoms with van der Waals surface area (Å²) < 4.78 is 0. The van der Waals surface area contributed by atoms with Crippen LogP contribution in [0.5, 0.6) is 0 Å². The normalized spacial score (nSPS) is 11.6. The molecule has 3 nitrogen and oxygen atoms in total. The highest BCUT2D eigenvalue weighted by atomic mass is 16.6. The molecule has 0 bridgehead atoms. The van der Waals surface area contributed by atoms with Gasteiger partial charge in [-0.2, -0.15) is 0 Å². The second-order valence-electron chi connectivity index (χ2n) is 1.63. The highest BCUT2D eigenvalue weighted by Gasteiger charge is 1.77. The minimum absolute atomic E-state index is 0.512. The molecule has 0 fully saturated rings. The fourth-order valence-electron chi connectivity index (χ4n) is 0.391. The minimum Gasteiger partial charge on any atom is -0.259 e. The van der Waals surface area contributed by atoms with Crippen LogP contribution in [-0.4, -0.2) is 4.92 Å². The van der Waals surface area contributed by atoms with Gasteiger partial charge in [0.15, 0.2) is 0 Å². The SMILES string of the molecule is C=C/C=C/C=C/C=C/[N+](=O)[O-]. The molecule has 0 spiro atoms. The predicted octanol–water partition coefficient (Wildman–Crippen LogP) is 2.08. The monoisotopic (exact) mass is 151 g/mol. The van der Waals surface area contributed by atoms with Crippen LogP contribution in [0.1, 0.15) is 0 Å². The lowest BCUT2D eigenvalue weighted by atomic mass is 10.4. The van der Waals surface area contributed by atoms with E-state index in [4.69, 9.17) is 0 Å². The van der Waals surface area contributed by atoms with Crippen LogP contribution >= 0.6 is 0 Å². The van der Waals surface area contributed by atoms with E-state index in [1.807, 2.05) is 0 Å². The van der Waals surface area contributed by atoms with E-state index < -0.39 is 4.92 Å². The molecule has 0 aliphatic carbocycles. The van der Waals surface area contributed by atoms with E-state index in [0.717, 1.165) is 6.20 Å². The van der Waals surface area contributed by atoms with Crippen molar-refractivity contribution in [3.63, 3.8) is 0 Å². The lowest BCUT2D eigenvalue weighted by molar-refractivity contribution is -0.402. The molecule has 11 heavy (non-hydrogen) atoms. The van der Waals surface area contributed by atoms with Crippen LogP contribution in [-0.2, 0) is 0 Å². The van der Waals surface area contributed by atoms with Gasteiger partial charge in [-0.15, -0.1) is 0 Å². The molecule has 0 amide bonds. The van der Waals surface area contributed by atoms with Gasteiger partial charge in [-0.1, -0.05) is 37.0 Å². The zero-order valence-electron chi connectivity index (χ0n) is 6.01. The van der Waals surface area contributed by atoms with Gasteiger partial charge in [0.2, 0.25) is 6.20 Å². The fraction of sp³-hybridized carbons (Fsp3) is 0. The first-order chi connectivity index (χ1) is 5.27. The van der Waals surface area contributed by atoms with Gasteiger partial charge in [-0.05, 0) is 0 Å². The third-order valence-electron chi connectivity index (χ3n) is 0.788. The summed E-state index contributed by atoms with van der Waals surface area (Å²) >= 11 is 0. The Hall–Kier alpha value is -1.64. The summed E-state index contributed by atoms with van der Waals surface area (Å²) in [5.41, 5.74) is 0. The van der Waals surface area contributed by atoms with Crippen molar-refractivity contribution in [3.8, 4) is 0 Å². The molecule has 0 radical (unpaired) electrons. The summed E-state index contributed by atoms with van der Waals surface area (Å²) in [5.74, 6) is 0. The van der Waals surface area contributed by atoms with Crippen LogP contribution in [0, 0.1) is 10.1 Å². The smallest absolute Gasteiger partial charge is 0.234 e. The van der Waals surface area contributed by atoms with E-state index in [0.29, 0.717) is 0 Å². The third kappa shape index (κ3) is 8.36. The van der Waals surface area contributed by atoms with Gasteiger partial charge in [0.25, 0.3) is 0 Å². The lowest BCUT2D eigenvalue weighted by Crippen LogP contribution is -1.80. The number of nitro groups is 1. The fourth-order valence-corrected chi connectivity index (χ4v) is 0.391. The van der Waals surface area contributed by atoms with E-state index in [-0.39, 0.29) is 0 Å². The van der Waals surface area contributed by atoms with E-state index in [2.05, 4.69) is 6.58 Å². The van der Waals surface area contributed by atoms with Crippen molar-refractivity contribution in [2.24, 2.45) is 0 Å². The van der Waals surface area contributed by atoms with Crippen molar-refractivity contribution in [1.82, 2.24) is 0 Å². The highest BCUT2D eigenvalue weighted by molar-refractivity contribution is 5.13. The molecule has 0 saturated carbocycles. The Balaban J connectivity index is 3.68. The van der Waals surface area contributed by atoms with Crippen LogP contribution in [0.15, 0.2) is 49.2 Å². The summed E-state index contributed by atoms with van der Waals surface area (Å²) in [6, 6.07) is 0. The zero-order chi connectivity index (χ0) is 8.53. The highest BCUT2D eigenvalue weighted by Crippen LogP contribution is 1.80. The van der Waals surface area contributed by atoms with Gasteiger partial charge in [0, 0.05) is 6.08 Å². The van der Waals surface area contributed by atoms with Crippen molar-refractivity contribution in [1.29, 1.82) is 0 Å². The Morgan fingerprint density at radius 3 is 2.18 bits per heavy atom. The maximum Gasteiger partial charge on any atom is 0.234 e. The Bertz CT molecular complexity index is 214. The molecule has 0 N–H and O–H groups in total. The number of hydrogen-bond donors (Lipinski definition) is 0. The van der Waals surface area contributed by atoms with E-state index in [1.54, 1.807) is 30.4 Å². The molecule has 0 heterocycles. The largest absolute Gasteiger partial charge is 0.259 e. The van der Waals surface area contributed by atoms with Crippen LogP contribution in [0.25, 0.3) is 0 Å². The Morgan fingerprint density at radius 1 is 1.09 bits per heavy atom. The second-order valence-corrected chi connectivity index (χ2v) is 1.63. The van der Waals surface area contributed by atoms with Gasteiger partial charge in [-0.3, -0.25) is 10.1 Å². The minimum atomic E-state index is -0.512. The maximum atomic E-state index is 9.74. The van der Waals surface area contributed by atoms with Gasteiger partial charge in [-0.25, -0.2) is 0 Å². The summed E-state index contributed by atoms with van der Waals surface area (Å²) in [6.45, 7) is 3.46. The summed E-state index contributed by atoms with van der Waals surface area (Å²) in [6.07, 6.45) is 10.6. The molecule has 0 rings (SSSR count). The van der Waals surface area contributed by atoms with Crippen LogP contribution < -0.4 is 0 Å². The second kappa shape index (κ2) is 6.48. The van der Waals surface area contributed by atoms with Crippen molar-refractivity contribution in [3.05, 3.63) is 59.3 Å². The molecular formula is C8H9NO2. The number of nitrogens with zero attached hydrogens (tertiary/aromatic N) is 1. The number of hydrogen-bond acceptors (Lipinski definition) is 2. The van der Waals surface area contributed by atoms with E-state index in [1.165, 1.54) is 6.08 Å². The molecule has 0 saturated heterocycles. The van der Waals surface area contributed by atoms with E-state index in [9.17, 15) is 10.1 Å². The molecule has 0 atom stereocenters. The molecule has 0 aliphatic heterocycles. The van der Waals surface area contributed by atoms with Gasteiger partial charge < -0.3 is 0 Å². The summed E-state index contributed by atoms with van der Waals surface area (Å²) in [7, 11) is 0. The van der Waals surface area contributed by atoms with Crippen LogP contribution in [0.3, 0.4) is 0 Å². The van der Waals surface area contributed by atoms with Crippen molar-refractivity contribution in [2.75, 3.05) is 0 Å². The molecular weight excluding hydrogens is 142 g/mol. The molecule has 3 heteroatoms. The molecule has 0 aromatic carbocycles. The first-order valence-corrected chi connectivity index (χ1v) is 3.03. The zero-order valence-corrected chi connectivity index (χ0v) is 6.01. The molecule has 0 aliphatic rings. The Labute approximate surface area is 65.2 Å². The maximum absolute atomic E-state index is 9.74. The Morgan fingerprint density at radius 2 is 1.64 bits per heavy atom. The number of allylic oxidation sites excluding steroid dienone is 6. The van der Waals surface area contributed by atoms with Gasteiger partial charge in [0.05, 0.1) is 4.92 Å². The first-order valence-electron chi connectivity index (χ1n) is 3.03. The first kappa shape index (κ1) is 9.36. The van der Waals surface area contributed by atoms with Gasteiger partial charge >= 0.3 is 0 Å². The summed E-state index contributed by atoms with van der Waals surface area (Å²) in [4.78, 5) is 9.23. The molecule has 0 unspecified atom stereocenters. The Kier molecular flexibility index (Phi) is 5.51. The van der Waals surface area contributed by atoms with E-state index >= 15 is 0 Å². The third-order valence-corrected chi connectivity index (χ3v) is 0.788. The molecule has 58 valence electrons. The summed E-state index contributed by atoms with van der Waals surface area (Å²) in [5, 5.41) is 9.74.